The highest BCUT2D eigenvalue weighted by atomic mass is 79.9. The Morgan fingerprint density at radius 1 is 1.18 bits per heavy atom. The molecule has 0 atom stereocenters. The van der Waals surface area contributed by atoms with E-state index in [1.54, 1.807) is 23.0 Å². The van der Waals surface area contributed by atoms with Gasteiger partial charge in [0.25, 0.3) is 0 Å². The van der Waals surface area contributed by atoms with Gasteiger partial charge in [-0.2, -0.15) is 9.49 Å². The zero-order valence-electron chi connectivity index (χ0n) is 8.64. The summed E-state index contributed by atoms with van der Waals surface area (Å²) in [6.45, 7) is 0. The van der Waals surface area contributed by atoms with E-state index in [0.717, 1.165) is 15.4 Å². The molecular formula is C12H7BrFN3. The summed E-state index contributed by atoms with van der Waals surface area (Å²) in [6.07, 6.45) is 1.73. The molecule has 3 aromatic rings. The van der Waals surface area contributed by atoms with E-state index in [1.165, 1.54) is 6.07 Å². The lowest BCUT2D eigenvalue weighted by atomic mass is 10.2. The van der Waals surface area contributed by atoms with Gasteiger partial charge >= 0.3 is 0 Å². The zero-order chi connectivity index (χ0) is 11.8. The van der Waals surface area contributed by atoms with Gasteiger partial charge in [0.1, 0.15) is 0 Å². The van der Waals surface area contributed by atoms with Crippen molar-refractivity contribution in [2.24, 2.45) is 0 Å². The van der Waals surface area contributed by atoms with Gasteiger partial charge in [-0.3, -0.25) is 0 Å². The number of benzene rings is 1. The lowest BCUT2D eigenvalue weighted by molar-refractivity contribution is 0.578. The Labute approximate surface area is 105 Å². The Morgan fingerprint density at radius 3 is 2.88 bits per heavy atom. The van der Waals surface area contributed by atoms with E-state index in [4.69, 9.17) is 0 Å². The minimum atomic E-state index is -0.513. The largest absolute Gasteiger partial charge is 0.215 e. The minimum absolute atomic E-state index is 0.470. The molecule has 84 valence electrons. The summed E-state index contributed by atoms with van der Waals surface area (Å²) in [7, 11) is 0. The Bertz CT molecular complexity index is 693. The molecule has 3 nitrogen and oxygen atoms in total. The second kappa shape index (κ2) is 3.92. The molecule has 17 heavy (non-hydrogen) atoms. The highest BCUT2D eigenvalue weighted by Crippen LogP contribution is 2.21. The van der Waals surface area contributed by atoms with E-state index in [2.05, 4.69) is 26.0 Å². The maximum Gasteiger partial charge on any atom is 0.214 e. The first-order valence-electron chi connectivity index (χ1n) is 5.00. The fourth-order valence-corrected chi connectivity index (χ4v) is 2.04. The zero-order valence-corrected chi connectivity index (χ0v) is 10.2. The quantitative estimate of drug-likeness (QED) is 0.644. The predicted octanol–water partition coefficient (Wildman–Crippen LogP) is 3.32. The van der Waals surface area contributed by atoms with Gasteiger partial charge in [-0.25, -0.2) is 9.67 Å². The van der Waals surface area contributed by atoms with E-state index < -0.39 is 5.95 Å². The molecule has 0 amide bonds. The molecule has 0 bridgehead atoms. The number of fused-ring (bicyclic) bond motifs is 1. The third-order valence-corrected chi connectivity index (χ3v) is 2.94. The first-order valence-corrected chi connectivity index (χ1v) is 5.79. The van der Waals surface area contributed by atoms with Crippen molar-refractivity contribution < 1.29 is 4.39 Å². The van der Waals surface area contributed by atoms with Crippen molar-refractivity contribution in [2.75, 3.05) is 0 Å². The highest BCUT2D eigenvalue weighted by molar-refractivity contribution is 9.10. The minimum Gasteiger partial charge on any atom is -0.215 e. The summed E-state index contributed by atoms with van der Waals surface area (Å²) in [6, 6.07) is 10.5. The lowest BCUT2D eigenvalue weighted by Gasteiger charge is -2.02. The van der Waals surface area contributed by atoms with Gasteiger partial charge in [0, 0.05) is 9.86 Å². The molecule has 2 aromatic heterocycles. The van der Waals surface area contributed by atoms with Crippen LogP contribution in [-0.2, 0) is 0 Å². The van der Waals surface area contributed by atoms with Crippen LogP contribution in [0.4, 0.5) is 4.39 Å². The Kier molecular flexibility index (Phi) is 2.40. The molecule has 0 aliphatic heterocycles. The molecule has 1 aromatic carbocycles. The molecule has 0 radical (unpaired) electrons. The van der Waals surface area contributed by atoms with Crippen LogP contribution in [-0.4, -0.2) is 14.8 Å². The van der Waals surface area contributed by atoms with Gasteiger partial charge < -0.3 is 0 Å². The van der Waals surface area contributed by atoms with Crippen molar-refractivity contribution in [3.05, 3.63) is 53.0 Å². The average molecular weight is 292 g/mol. The van der Waals surface area contributed by atoms with E-state index in [0.29, 0.717) is 5.82 Å². The number of hydrogen-bond donors (Lipinski definition) is 0. The third kappa shape index (κ3) is 1.82. The van der Waals surface area contributed by atoms with Crippen LogP contribution in [0.1, 0.15) is 0 Å². The normalized spacial score (nSPS) is 10.9. The van der Waals surface area contributed by atoms with Crippen molar-refractivity contribution in [3.63, 3.8) is 0 Å². The van der Waals surface area contributed by atoms with E-state index in [1.807, 2.05) is 18.2 Å². The van der Waals surface area contributed by atoms with Crippen LogP contribution in [0.5, 0.6) is 0 Å². The molecular weight excluding hydrogens is 285 g/mol. The molecule has 0 saturated heterocycles. The Hall–Kier alpha value is -1.75. The summed E-state index contributed by atoms with van der Waals surface area (Å²) in [5.74, 6) is -0.0424. The molecule has 0 saturated carbocycles. The maximum atomic E-state index is 13.1. The molecule has 0 N–H and O–H groups in total. The van der Waals surface area contributed by atoms with Crippen LogP contribution < -0.4 is 0 Å². The van der Waals surface area contributed by atoms with Crippen molar-refractivity contribution in [1.82, 2.24) is 14.8 Å². The molecule has 0 aliphatic rings. The van der Waals surface area contributed by atoms with Gasteiger partial charge in [0.2, 0.25) is 5.95 Å². The van der Waals surface area contributed by atoms with Gasteiger partial charge in [-0.05, 0) is 24.3 Å². The molecule has 0 aliphatic carbocycles. The van der Waals surface area contributed by atoms with Crippen LogP contribution in [0.25, 0.3) is 16.7 Å². The third-order valence-electron chi connectivity index (χ3n) is 2.45. The Balaban J connectivity index is 2.27. The SMILES string of the molecule is Fc1cccc(-n2ncc3ccc(Br)cc32)n1. The lowest BCUT2D eigenvalue weighted by Crippen LogP contribution is -2.00. The second-order valence-corrected chi connectivity index (χ2v) is 4.49. The van der Waals surface area contributed by atoms with Crippen LogP contribution in [0.2, 0.25) is 0 Å². The predicted molar refractivity (Wildman–Crippen MR) is 66.5 cm³/mol. The van der Waals surface area contributed by atoms with Crippen molar-refractivity contribution in [3.8, 4) is 5.82 Å². The fraction of sp³-hybridized carbons (Fsp3) is 0. The topological polar surface area (TPSA) is 30.7 Å². The van der Waals surface area contributed by atoms with E-state index in [9.17, 15) is 4.39 Å². The highest BCUT2D eigenvalue weighted by Gasteiger charge is 2.06. The molecule has 3 rings (SSSR count). The van der Waals surface area contributed by atoms with Crippen molar-refractivity contribution in [1.29, 1.82) is 0 Å². The smallest absolute Gasteiger partial charge is 0.214 e. The summed E-state index contributed by atoms with van der Waals surface area (Å²) < 4.78 is 15.6. The molecule has 2 heterocycles. The number of halogens is 2. The van der Waals surface area contributed by atoms with Crippen LogP contribution in [0.3, 0.4) is 0 Å². The molecule has 0 fully saturated rings. The van der Waals surface area contributed by atoms with Gasteiger partial charge in [0.05, 0.1) is 11.7 Å². The number of aromatic nitrogens is 3. The molecule has 0 unspecified atom stereocenters. The van der Waals surface area contributed by atoms with Crippen molar-refractivity contribution >= 4 is 26.8 Å². The average Bonchev–Trinajstić information content (AvgIpc) is 2.71. The standard InChI is InChI=1S/C12H7BrFN3/c13-9-5-4-8-7-15-17(10(8)6-9)12-3-1-2-11(14)16-12/h1-7H. The molecule has 5 heteroatoms. The van der Waals surface area contributed by atoms with Gasteiger partial charge in [0.15, 0.2) is 5.82 Å². The number of rotatable bonds is 1. The van der Waals surface area contributed by atoms with E-state index >= 15 is 0 Å². The number of nitrogens with zero attached hydrogens (tertiary/aromatic N) is 3. The van der Waals surface area contributed by atoms with Gasteiger partial charge in [-0.15, -0.1) is 0 Å². The van der Waals surface area contributed by atoms with Crippen LogP contribution in [0.15, 0.2) is 47.1 Å². The second-order valence-electron chi connectivity index (χ2n) is 3.58. The summed E-state index contributed by atoms with van der Waals surface area (Å²) in [5, 5.41) is 5.20. The number of hydrogen-bond acceptors (Lipinski definition) is 2. The fourth-order valence-electron chi connectivity index (χ4n) is 1.69. The van der Waals surface area contributed by atoms with Crippen molar-refractivity contribution in [2.45, 2.75) is 0 Å². The van der Waals surface area contributed by atoms with Crippen LogP contribution in [0, 0.1) is 5.95 Å². The Morgan fingerprint density at radius 2 is 2.06 bits per heavy atom. The monoisotopic (exact) mass is 291 g/mol. The maximum absolute atomic E-state index is 13.1. The summed E-state index contributed by atoms with van der Waals surface area (Å²) in [4.78, 5) is 3.81. The van der Waals surface area contributed by atoms with E-state index in [-0.39, 0.29) is 0 Å². The number of pyridine rings is 1. The summed E-state index contributed by atoms with van der Waals surface area (Å²) >= 11 is 3.40. The first-order chi connectivity index (χ1) is 8.24. The molecule has 0 spiro atoms. The van der Waals surface area contributed by atoms with Crippen LogP contribution >= 0.6 is 15.9 Å². The first kappa shape index (κ1) is 10.4. The van der Waals surface area contributed by atoms with Gasteiger partial charge in [-0.1, -0.05) is 28.1 Å². The summed E-state index contributed by atoms with van der Waals surface area (Å²) in [5.41, 5.74) is 0.887.